The number of anilines is 1. The van der Waals surface area contributed by atoms with E-state index in [1.807, 2.05) is 26.8 Å². The van der Waals surface area contributed by atoms with Gasteiger partial charge in [-0.15, -0.1) is 0 Å². The van der Waals surface area contributed by atoms with Gasteiger partial charge in [-0.05, 0) is 81.3 Å². The molecule has 1 unspecified atom stereocenters. The van der Waals surface area contributed by atoms with E-state index in [1.54, 1.807) is 56.5 Å². The molecule has 2 amide bonds. The quantitative estimate of drug-likeness (QED) is 0.240. The summed E-state index contributed by atoms with van der Waals surface area (Å²) in [6, 6.07) is 16.8. The second-order valence-corrected chi connectivity index (χ2v) is 12.3. The van der Waals surface area contributed by atoms with Crippen LogP contribution in [0.3, 0.4) is 0 Å². The minimum Gasteiger partial charge on any atom is -0.497 e. The third kappa shape index (κ3) is 8.81. The van der Waals surface area contributed by atoms with Crippen LogP contribution in [0.4, 0.5) is 5.69 Å². The van der Waals surface area contributed by atoms with Gasteiger partial charge in [0.15, 0.2) is 11.5 Å². The van der Waals surface area contributed by atoms with E-state index in [0.29, 0.717) is 35.8 Å². The van der Waals surface area contributed by atoms with Gasteiger partial charge in [0.05, 0.1) is 38.5 Å². The van der Waals surface area contributed by atoms with Crippen molar-refractivity contribution in [3.05, 3.63) is 72.3 Å². The van der Waals surface area contributed by atoms with Crippen LogP contribution in [0.1, 0.15) is 39.7 Å². The fourth-order valence-corrected chi connectivity index (χ4v) is 6.21. The van der Waals surface area contributed by atoms with Crippen LogP contribution in [0.25, 0.3) is 0 Å². The number of carbonyl (C=O) groups excluding carboxylic acids is 2. The molecule has 12 heteroatoms. The lowest BCUT2D eigenvalue weighted by Gasteiger charge is -2.33. The summed E-state index contributed by atoms with van der Waals surface area (Å²) in [5, 5.41) is 2.89. The number of amides is 2. The topological polar surface area (TPSA) is 124 Å². The van der Waals surface area contributed by atoms with Crippen LogP contribution in [-0.4, -0.2) is 71.7 Å². The summed E-state index contributed by atoms with van der Waals surface area (Å²) in [4.78, 5) is 28.9. The lowest BCUT2D eigenvalue weighted by atomic mass is 10.1. The van der Waals surface area contributed by atoms with Crippen molar-refractivity contribution in [2.75, 3.05) is 38.8 Å². The van der Waals surface area contributed by atoms with Crippen LogP contribution >= 0.6 is 0 Å². The molecule has 1 N–H and O–H groups in total. The third-order valence-electron chi connectivity index (χ3n) is 6.96. The second kappa shape index (κ2) is 16.0. The number of rotatable bonds is 16. The summed E-state index contributed by atoms with van der Waals surface area (Å²) in [6.07, 6.45) is 0.305. The summed E-state index contributed by atoms with van der Waals surface area (Å²) in [5.41, 5.74) is 0.955. The minimum atomic E-state index is -4.33. The molecular formula is C33H43N3O8S. The average molecular weight is 642 g/mol. The van der Waals surface area contributed by atoms with E-state index in [2.05, 4.69) is 5.32 Å². The number of sulfonamides is 1. The number of benzene rings is 3. The Morgan fingerprint density at radius 2 is 1.53 bits per heavy atom. The zero-order valence-electron chi connectivity index (χ0n) is 26.9. The Balaban J connectivity index is 2.12. The van der Waals surface area contributed by atoms with Gasteiger partial charge in [-0.25, -0.2) is 8.42 Å². The van der Waals surface area contributed by atoms with Crippen LogP contribution < -0.4 is 28.6 Å². The Morgan fingerprint density at radius 3 is 2.11 bits per heavy atom. The van der Waals surface area contributed by atoms with Gasteiger partial charge in [0.25, 0.3) is 10.0 Å². The molecule has 0 saturated heterocycles. The number of hydrogen-bond acceptors (Lipinski definition) is 8. The first kappa shape index (κ1) is 35.0. The number of nitrogens with one attached hydrogen (secondary N) is 1. The maximum Gasteiger partial charge on any atom is 0.264 e. The molecule has 0 aliphatic rings. The molecule has 0 radical (unpaired) electrons. The number of hydrogen-bond donors (Lipinski definition) is 1. The molecule has 0 fully saturated rings. The average Bonchev–Trinajstić information content (AvgIpc) is 3.03. The molecule has 11 nitrogen and oxygen atoms in total. The van der Waals surface area contributed by atoms with Crippen molar-refractivity contribution in [2.24, 2.45) is 0 Å². The number of carbonyl (C=O) groups is 2. The van der Waals surface area contributed by atoms with Gasteiger partial charge in [0, 0.05) is 18.7 Å². The predicted octanol–water partition coefficient (Wildman–Crippen LogP) is 4.64. The molecule has 45 heavy (non-hydrogen) atoms. The van der Waals surface area contributed by atoms with Gasteiger partial charge in [0.2, 0.25) is 11.8 Å². The monoisotopic (exact) mass is 641 g/mol. The van der Waals surface area contributed by atoms with Gasteiger partial charge in [-0.3, -0.25) is 13.9 Å². The summed E-state index contributed by atoms with van der Waals surface area (Å²) in [7, 11) is 0.0707. The molecule has 0 heterocycles. The highest BCUT2D eigenvalue weighted by Gasteiger charge is 2.34. The predicted molar refractivity (Wildman–Crippen MR) is 173 cm³/mol. The first-order valence-corrected chi connectivity index (χ1v) is 16.1. The van der Waals surface area contributed by atoms with Crippen molar-refractivity contribution in [1.82, 2.24) is 10.2 Å². The molecule has 0 aliphatic carbocycles. The summed E-state index contributed by atoms with van der Waals surface area (Å²) < 4.78 is 51.1. The van der Waals surface area contributed by atoms with Crippen molar-refractivity contribution in [2.45, 2.75) is 57.6 Å². The van der Waals surface area contributed by atoms with Crippen molar-refractivity contribution < 1.29 is 37.0 Å². The maximum absolute atomic E-state index is 14.3. The van der Waals surface area contributed by atoms with E-state index in [0.717, 1.165) is 4.31 Å². The molecule has 3 aromatic rings. The fourth-order valence-electron chi connectivity index (χ4n) is 4.78. The molecule has 0 aromatic heterocycles. The normalized spacial score (nSPS) is 11.8. The van der Waals surface area contributed by atoms with Crippen LogP contribution in [0.15, 0.2) is 71.6 Å². The van der Waals surface area contributed by atoms with Gasteiger partial charge in [-0.2, -0.15) is 0 Å². The third-order valence-corrected chi connectivity index (χ3v) is 8.73. The first-order chi connectivity index (χ1) is 21.5. The lowest BCUT2D eigenvalue weighted by Crippen LogP contribution is -2.53. The van der Waals surface area contributed by atoms with Crippen molar-refractivity contribution in [3.63, 3.8) is 0 Å². The van der Waals surface area contributed by atoms with Crippen LogP contribution in [0.5, 0.6) is 23.0 Å². The number of nitrogens with zero attached hydrogens (tertiary/aromatic N) is 2. The highest BCUT2D eigenvalue weighted by atomic mass is 32.2. The molecule has 1 atom stereocenters. The van der Waals surface area contributed by atoms with Crippen LogP contribution in [0.2, 0.25) is 0 Å². The Kier molecular flexibility index (Phi) is 12.5. The Morgan fingerprint density at radius 1 is 0.844 bits per heavy atom. The molecule has 0 saturated carbocycles. The van der Waals surface area contributed by atoms with E-state index in [1.165, 1.54) is 37.3 Å². The van der Waals surface area contributed by atoms with Gasteiger partial charge < -0.3 is 29.2 Å². The van der Waals surface area contributed by atoms with Crippen molar-refractivity contribution in [3.8, 4) is 23.0 Å². The smallest absolute Gasteiger partial charge is 0.264 e. The van der Waals surface area contributed by atoms with E-state index >= 15 is 0 Å². The largest absolute Gasteiger partial charge is 0.497 e. The molecule has 3 rings (SSSR count). The van der Waals surface area contributed by atoms with E-state index in [9.17, 15) is 18.0 Å². The Hall–Kier alpha value is -4.45. The summed E-state index contributed by atoms with van der Waals surface area (Å²) in [6.45, 7) is 7.22. The van der Waals surface area contributed by atoms with Crippen molar-refractivity contribution >= 4 is 27.5 Å². The van der Waals surface area contributed by atoms with Crippen molar-refractivity contribution in [1.29, 1.82) is 0 Å². The van der Waals surface area contributed by atoms with Gasteiger partial charge in [-0.1, -0.05) is 19.1 Å². The molecule has 244 valence electrons. The van der Waals surface area contributed by atoms with Gasteiger partial charge in [0.1, 0.15) is 24.1 Å². The Labute approximate surface area is 266 Å². The van der Waals surface area contributed by atoms with Crippen LogP contribution in [-0.2, 0) is 26.2 Å². The lowest BCUT2D eigenvalue weighted by molar-refractivity contribution is -0.140. The Bertz CT molecular complexity index is 1540. The van der Waals surface area contributed by atoms with Gasteiger partial charge >= 0.3 is 0 Å². The molecule has 0 spiro atoms. The summed E-state index contributed by atoms with van der Waals surface area (Å²) >= 11 is 0. The van der Waals surface area contributed by atoms with E-state index in [4.69, 9.17) is 18.9 Å². The fraction of sp³-hybridized carbons (Fsp3) is 0.394. The standard InChI is InChI=1S/C33H43N3O8S/c1-8-29(33(38)34-23(3)4)35(21-24-11-10-12-27(19-24)41-5)32(37)22-36(25-13-15-26(16-14-25)44-9-2)45(39,40)28-17-18-30(42-6)31(20-28)43-7/h10-20,23,29H,8-9,21-22H2,1-7H3,(H,34,38). The minimum absolute atomic E-state index is 0.0492. The summed E-state index contributed by atoms with van der Waals surface area (Å²) in [5.74, 6) is 0.804. The molecule has 0 bridgehead atoms. The van der Waals surface area contributed by atoms with E-state index in [-0.39, 0.29) is 34.8 Å². The SMILES string of the molecule is CCOc1ccc(N(CC(=O)N(Cc2cccc(OC)c2)C(CC)C(=O)NC(C)C)S(=O)(=O)c2ccc(OC)c(OC)c2)cc1. The highest BCUT2D eigenvalue weighted by molar-refractivity contribution is 7.92. The molecule has 0 aliphatic heterocycles. The number of ether oxygens (including phenoxy) is 4. The first-order valence-electron chi connectivity index (χ1n) is 14.7. The zero-order valence-corrected chi connectivity index (χ0v) is 27.7. The molecule has 3 aromatic carbocycles. The van der Waals surface area contributed by atoms with Crippen LogP contribution in [0, 0.1) is 0 Å². The zero-order chi connectivity index (χ0) is 33.1. The highest BCUT2D eigenvalue weighted by Crippen LogP contribution is 2.33. The van der Waals surface area contributed by atoms with E-state index < -0.39 is 28.5 Å². The second-order valence-electron chi connectivity index (χ2n) is 10.4. The molecular weight excluding hydrogens is 598 g/mol. The maximum atomic E-state index is 14.3. The number of methoxy groups -OCH3 is 3.